The van der Waals surface area contributed by atoms with Gasteiger partial charge in [-0.15, -0.1) is 0 Å². The lowest BCUT2D eigenvalue weighted by atomic mass is 9.89. The van der Waals surface area contributed by atoms with E-state index in [1.54, 1.807) is 0 Å². The quantitative estimate of drug-likeness (QED) is 0.718. The van der Waals surface area contributed by atoms with E-state index in [1.165, 1.54) is 25.7 Å². The highest BCUT2D eigenvalue weighted by molar-refractivity contribution is 5.78. The van der Waals surface area contributed by atoms with Gasteiger partial charge in [-0.3, -0.25) is 4.79 Å². The van der Waals surface area contributed by atoms with Gasteiger partial charge in [0.15, 0.2) is 0 Å². The summed E-state index contributed by atoms with van der Waals surface area (Å²) in [6, 6.07) is 0.339. The summed E-state index contributed by atoms with van der Waals surface area (Å²) in [5, 5.41) is 6.36. The summed E-state index contributed by atoms with van der Waals surface area (Å²) in [6.45, 7) is 7.99. The highest BCUT2D eigenvalue weighted by Crippen LogP contribution is 2.36. The Labute approximate surface area is 106 Å². The smallest absolute Gasteiger partial charge is 0.234 e. The Hall–Kier alpha value is -0.570. The summed E-state index contributed by atoms with van der Waals surface area (Å²) in [4.78, 5) is 11.7. The van der Waals surface area contributed by atoms with Crippen molar-refractivity contribution in [1.29, 1.82) is 0 Å². The molecule has 1 rings (SSSR count). The fourth-order valence-corrected chi connectivity index (χ4v) is 2.65. The van der Waals surface area contributed by atoms with E-state index in [0.717, 1.165) is 19.4 Å². The average molecular weight is 240 g/mol. The number of hydrogen-bond acceptors (Lipinski definition) is 2. The molecule has 3 nitrogen and oxygen atoms in total. The second-order valence-corrected chi connectivity index (χ2v) is 5.70. The molecule has 17 heavy (non-hydrogen) atoms. The van der Waals surface area contributed by atoms with Crippen LogP contribution in [0.1, 0.15) is 59.3 Å². The van der Waals surface area contributed by atoms with Gasteiger partial charge in [0.1, 0.15) is 0 Å². The fourth-order valence-electron chi connectivity index (χ4n) is 2.65. The molecule has 1 saturated carbocycles. The van der Waals surface area contributed by atoms with Gasteiger partial charge in [0, 0.05) is 12.6 Å². The first-order chi connectivity index (χ1) is 8.09. The molecule has 1 fully saturated rings. The maximum absolute atomic E-state index is 11.7. The highest BCUT2D eigenvalue weighted by Gasteiger charge is 2.28. The molecule has 1 aliphatic rings. The lowest BCUT2D eigenvalue weighted by molar-refractivity contribution is -0.121. The summed E-state index contributed by atoms with van der Waals surface area (Å²) in [5.74, 6) is 0.139. The topological polar surface area (TPSA) is 41.1 Å². The molecule has 0 aromatic heterocycles. The minimum atomic E-state index is 0.139. The van der Waals surface area contributed by atoms with Crippen molar-refractivity contribution in [2.24, 2.45) is 5.41 Å². The largest absolute Gasteiger partial charge is 0.352 e. The Morgan fingerprint density at radius 2 is 1.82 bits per heavy atom. The van der Waals surface area contributed by atoms with Crippen molar-refractivity contribution < 1.29 is 4.79 Å². The van der Waals surface area contributed by atoms with Crippen LogP contribution in [0, 0.1) is 5.41 Å². The second kappa shape index (κ2) is 7.00. The zero-order valence-corrected chi connectivity index (χ0v) is 11.6. The van der Waals surface area contributed by atoms with Gasteiger partial charge in [-0.25, -0.2) is 0 Å². The van der Waals surface area contributed by atoms with Crippen LogP contribution in [0.2, 0.25) is 0 Å². The maximum Gasteiger partial charge on any atom is 0.234 e. The molecule has 100 valence electrons. The molecule has 0 spiro atoms. The number of carbonyl (C=O) groups is 1. The van der Waals surface area contributed by atoms with Crippen molar-refractivity contribution in [3.05, 3.63) is 0 Å². The van der Waals surface area contributed by atoms with Crippen LogP contribution in [0.4, 0.5) is 0 Å². The van der Waals surface area contributed by atoms with E-state index in [0.29, 0.717) is 18.0 Å². The zero-order valence-electron chi connectivity index (χ0n) is 11.6. The Morgan fingerprint density at radius 3 is 2.35 bits per heavy atom. The molecule has 0 saturated heterocycles. The molecular weight excluding hydrogens is 212 g/mol. The third-order valence-corrected chi connectivity index (χ3v) is 4.00. The molecule has 1 amide bonds. The van der Waals surface area contributed by atoms with Crippen molar-refractivity contribution in [2.45, 2.75) is 65.3 Å². The van der Waals surface area contributed by atoms with E-state index in [2.05, 4.69) is 31.4 Å². The molecule has 0 aromatic carbocycles. The lowest BCUT2D eigenvalue weighted by Crippen LogP contribution is -2.42. The Kier molecular flexibility index (Phi) is 5.96. The van der Waals surface area contributed by atoms with E-state index in [-0.39, 0.29) is 5.91 Å². The van der Waals surface area contributed by atoms with Crippen molar-refractivity contribution >= 4 is 5.91 Å². The standard InChI is InChI=1S/C14H28N2O/c1-4-12(5-2)16-13(17)10-15-11-14(3)8-6-7-9-14/h12,15H,4-11H2,1-3H3,(H,16,17). The predicted octanol–water partition coefficient (Wildman–Crippen LogP) is 2.46. The number of amides is 1. The van der Waals surface area contributed by atoms with Crippen LogP contribution in [0.5, 0.6) is 0 Å². The summed E-state index contributed by atoms with van der Waals surface area (Å²) < 4.78 is 0. The number of hydrogen-bond donors (Lipinski definition) is 2. The van der Waals surface area contributed by atoms with Gasteiger partial charge in [-0.2, -0.15) is 0 Å². The summed E-state index contributed by atoms with van der Waals surface area (Å²) >= 11 is 0. The Bertz CT molecular complexity index is 230. The van der Waals surface area contributed by atoms with Gasteiger partial charge in [0.2, 0.25) is 5.91 Å². The maximum atomic E-state index is 11.7. The summed E-state index contributed by atoms with van der Waals surface area (Å²) in [7, 11) is 0. The summed E-state index contributed by atoms with van der Waals surface area (Å²) in [6.07, 6.45) is 7.32. The lowest BCUT2D eigenvalue weighted by Gasteiger charge is -2.24. The second-order valence-electron chi connectivity index (χ2n) is 5.70. The number of carbonyl (C=O) groups excluding carboxylic acids is 1. The van der Waals surface area contributed by atoms with E-state index in [1.807, 2.05) is 0 Å². The molecular formula is C14H28N2O. The molecule has 0 atom stereocenters. The molecule has 3 heteroatoms. The van der Waals surface area contributed by atoms with Crippen LogP contribution >= 0.6 is 0 Å². The molecule has 0 unspecified atom stereocenters. The first-order valence-electron chi connectivity index (χ1n) is 7.09. The predicted molar refractivity (Wildman–Crippen MR) is 72.0 cm³/mol. The first kappa shape index (κ1) is 14.5. The zero-order chi connectivity index (χ0) is 12.7. The van der Waals surface area contributed by atoms with Gasteiger partial charge < -0.3 is 10.6 Å². The molecule has 0 aromatic rings. The van der Waals surface area contributed by atoms with E-state index in [9.17, 15) is 4.79 Å². The van der Waals surface area contributed by atoms with Crippen LogP contribution < -0.4 is 10.6 Å². The third kappa shape index (κ3) is 5.07. The van der Waals surface area contributed by atoms with Gasteiger partial charge in [0.05, 0.1) is 6.54 Å². The highest BCUT2D eigenvalue weighted by atomic mass is 16.1. The van der Waals surface area contributed by atoms with E-state index < -0.39 is 0 Å². The van der Waals surface area contributed by atoms with Crippen molar-refractivity contribution in [2.75, 3.05) is 13.1 Å². The van der Waals surface area contributed by atoms with Crippen molar-refractivity contribution in [1.82, 2.24) is 10.6 Å². The minimum absolute atomic E-state index is 0.139. The molecule has 0 radical (unpaired) electrons. The molecule has 0 aliphatic heterocycles. The first-order valence-corrected chi connectivity index (χ1v) is 7.09. The molecule has 0 bridgehead atoms. The normalized spacial score (nSPS) is 18.6. The molecule has 2 N–H and O–H groups in total. The Morgan fingerprint density at radius 1 is 1.24 bits per heavy atom. The molecule has 1 aliphatic carbocycles. The van der Waals surface area contributed by atoms with E-state index >= 15 is 0 Å². The monoisotopic (exact) mass is 240 g/mol. The van der Waals surface area contributed by atoms with Gasteiger partial charge >= 0.3 is 0 Å². The molecule has 0 heterocycles. The van der Waals surface area contributed by atoms with Gasteiger partial charge in [-0.1, -0.05) is 33.6 Å². The SMILES string of the molecule is CCC(CC)NC(=O)CNCC1(C)CCCC1. The van der Waals surface area contributed by atoms with Gasteiger partial charge in [-0.05, 0) is 31.1 Å². The van der Waals surface area contributed by atoms with Crippen molar-refractivity contribution in [3.8, 4) is 0 Å². The van der Waals surface area contributed by atoms with Crippen molar-refractivity contribution in [3.63, 3.8) is 0 Å². The summed E-state index contributed by atoms with van der Waals surface area (Å²) in [5.41, 5.74) is 0.426. The number of nitrogens with one attached hydrogen (secondary N) is 2. The van der Waals surface area contributed by atoms with Crippen LogP contribution in [0.25, 0.3) is 0 Å². The van der Waals surface area contributed by atoms with E-state index in [4.69, 9.17) is 0 Å². The fraction of sp³-hybridized carbons (Fsp3) is 0.929. The van der Waals surface area contributed by atoms with Crippen LogP contribution in [0.15, 0.2) is 0 Å². The average Bonchev–Trinajstić information content (AvgIpc) is 2.73. The van der Waals surface area contributed by atoms with Crippen LogP contribution in [0.3, 0.4) is 0 Å². The minimum Gasteiger partial charge on any atom is -0.352 e. The Balaban J connectivity index is 2.15. The van der Waals surface area contributed by atoms with Crippen LogP contribution in [-0.4, -0.2) is 25.0 Å². The third-order valence-electron chi connectivity index (χ3n) is 4.00. The van der Waals surface area contributed by atoms with Gasteiger partial charge in [0.25, 0.3) is 0 Å². The number of rotatable bonds is 7. The van der Waals surface area contributed by atoms with Crippen LogP contribution in [-0.2, 0) is 4.79 Å².